The first-order valence-corrected chi connectivity index (χ1v) is 9.61. The molecule has 1 aromatic carbocycles. The summed E-state index contributed by atoms with van der Waals surface area (Å²) in [5.41, 5.74) is 7.73. The summed E-state index contributed by atoms with van der Waals surface area (Å²) in [5, 5.41) is 11.4. The number of aliphatic hydroxyl groups excluding tert-OH is 1. The number of fused-ring (bicyclic) bond motifs is 1. The topological polar surface area (TPSA) is 68.2 Å². The van der Waals surface area contributed by atoms with Crippen LogP contribution < -0.4 is 5.73 Å². The zero-order valence-corrected chi connectivity index (χ0v) is 15.5. The lowest BCUT2D eigenvalue weighted by Crippen LogP contribution is -2.28. The molecule has 1 amide bonds. The number of aromatic nitrogens is 1. The van der Waals surface area contributed by atoms with Gasteiger partial charge in [0.2, 0.25) is 5.91 Å². The van der Waals surface area contributed by atoms with E-state index in [2.05, 4.69) is 0 Å². The average Bonchev–Trinajstić information content (AvgIpc) is 2.72. The van der Waals surface area contributed by atoms with E-state index >= 15 is 0 Å². The number of carbonyl (C=O) groups excluding carboxylic acids is 1. The Kier molecular flexibility index (Phi) is 5.70. The highest BCUT2D eigenvalue weighted by molar-refractivity contribution is 6.35. The zero-order valence-electron chi connectivity index (χ0n) is 14.7. The van der Waals surface area contributed by atoms with Crippen molar-refractivity contribution in [2.75, 3.05) is 0 Å². The molecule has 1 aliphatic rings. The fraction of sp³-hybridized carbons (Fsp3) is 0.550. The summed E-state index contributed by atoms with van der Waals surface area (Å²) in [5.74, 6) is -0.333. The van der Waals surface area contributed by atoms with Crippen LogP contribution in [-0.2, 0) is 11.3 Å². The smallest absolute Gasteiger partial charge is 0.225 e. The third kappa shape index (κ3) is 3.85. The molecule has 5 heteroatoms. The van der Waals surface area contributed by atoms with Gasteiger partial charge in [-0.2, -0.15) is 0 Å². The molecular formula is C20H27ClN2O2. The monoisotopic (exact) mass is 362 g/mol. The second kappa shape index (κ2) is 7.79. The van der Waals surface area contributed by atoms with E-state index in [9.17, 15) is 9.90 Å². The van der Waals surface area contributed by atoms with Gasteiger partial charge in [0.1, 0.15) is 0 Å². The molecule has 1 aromatic heterocycles. The second-order valence-corrected chi connectivity index (χ2v) is 7.76. The molecule has 2 aromatic rings. The SMILES string of the molecule is CC(O)Cn1cc(C(C(N)=O)C2CCCCCC2)c2c(Cl)cccc21. The molecule has 0 aliphatic heterocycles. The van der Waals surface area contributed by atoms with E-state index in [0.29, 0.717) is 11.6 Å². The van der Waals surface area contributed by atoms with Gasteiger partial charge in [-0.25, -0.2) is 0 Å². The highest BCUT2D eigenvalue weighted by Crippen LogP contribution is 2.40. The molecule has 1 saturated carbocycles. The minimum absolute atomic E-state index is 0.266. The third-order valence-corrected chi connectivity index (χ3v) is 5.67. The van der Waals surface area contributed by atoms with E-state index in [1.54, 1.807) is 6.92 Å². The number of rotatable bonds is 5. The van der Waals surface area contributed by atoms with Gasteiger partial charge >= 0.3 is 0 Å². The number of carbonyl (C=O) groups is 1. The highest BCUT2D eigenvalue weighted by Gasteiger charge is 2.32. The molecule has 0 saturated heterocycles. The molecule has 3 N–H and O–H groups in total. The Morgan fingerprint density at radius 1 is 1.32 bits per heavy atom. The van der Waals surface area contributed by atoms with E-state index in [-0.39, 0.29) is 17.7 Å². The molecule has 3 rings (SSSR count). The van der Waals surface area contributed by atoms with Gasteiger partial charge in [0.15, 0.2) is 0 Å². The van der Waals surface area contributed by atoms with Crippen molar-refractivity contribution in [3.63, 3.8) is 0 Å². The van der Waals surface area contributed by atoms with Crippen LogP contribution in [0.4, 0.5) is 0 Å². The van der Waals surface area contributed by atoms with Crippen molar-refractivity contribution in [2.24, 2.45) is 11.7 Å². The van der Waals surface area contributed by atoms with Gasteiger partial charge in [-0.15, -0.1) is 0 Å². The molecule has 1 heterocycles. The Morgan fingerprint density at radius 2 is 2.00 bits per heavy atom. The molecule has 1 aliphatic carbocycles. The van der Waals surface area contributed by atoms with Crippen LogP contribution in [0.3, 0.4) is 0 Å². The normalized spacial score (nSPS) is 18.8. The lowest BCUT2D eigenvalue weighted by Gasteiger charge is -2.23. The molecule has 0 radical (unpaired) electrons. The number of benzene rings is 1. The van der Waals surface area contributed by atoms with Crippen LogP contribution in [0.2, 0.25) is 5.02 Å². The predicted molar refractivity (Wildman–Crippen MR) is 102 cm³/mol. The number of hydrogen-bond donors (Lipinski definition) is 2. The molecule has 1 fully saturated rings. The van der Waals surface area contributed by atoms with Crippen molar-refractivity contribution in [3.05, 3.63) is 35.0 Å². The standard InChI is InChI=1S/C20H27ClN2O2/c1-13(24)11-23-12-15(19-16(21)9-6-10-17(19)23)18(20(22)25)14-7-4-2-3-5-8-14/h6,9-10,12-14,18,24H,2-5,7-8,11H2,1H3,(H2,22,25). The number of hydrogen-bond acceptors (Lipinski definition) is 2. The molecule has 25 heavy (non-hydrogen) atoms. The van der Waals surface area contributed by atoms with E-state index < -0.39 is 6.10 Å². The molecule has 2 atom stereocenters. The van der Waals surface area contributed by atoms with E-state index in [1.165, 1.54) is 12.8 Å². The Labute approximate surface area is 154 Å². The lowest BCUT2D eigenvalue weighted by atomic mass is 9.81. The minimum atomic E-state index is -0.479. The average molecular weight is 363 g/mol. The van der Waals surface area contributed by atoms with Gasteiger partial charge in [0.25, 0.3) is 0 Å². The zero-order chi connectivity index (χ0) is 18.0. The summed E-state index contributed by atoms with van der Waals surface area (Å²) in [7, 11) is 0. The van der Waals surface area contributed by atoms with Crippen LogP contribution in [0.5, 0.6) is 0 Å². The van der Waals surface area contributed by atoms with Crippen LogP contribution in [-0.4, -0.2) is 21.7 Å². The maximum absolute atomic E-state index is 12.4. The summed E-state index contributed by atoms with van der Waals surface area (Å²) in [6.45, 7) is 2.22. The molecule has 2 unspecified atom stereocenters. The number of aliphatic hydroxyl groups is 1. The van der Waals surface area contributed by atoms with Gasteiger partial charge in [0.05, 0.1) is 17.0 Å². The number of nitrogens with zero attached hydrogens (tertiary/aromatic N) is 1. The van der Waals surface area contributed by atoms with Crippen LogP contribution in [0, 0.1) is 5.92 Å². The van der Waals surface area contributed by atoms with Crippen molar-refractivity contribution < 1.29 is 9.90 Å². The first-order chi connectivity index (χ1) is 12.0. The number of nitrogens with two attached hydrogens (primary N) is 1. The second-order valence-electron chi connectivity index (χ2n) is 7.35. The third-order valence-electron chi connectivity index (χ3n) is 5.36. The number of amides is 1. The maximum Gasteiger partial charge on any atom is 0.225 e. The molecular weight excluding hydrogens is 336 g/mol. The molecule has 4 nitrogen and oxygen atoms in total. The predicted octanol–water partition coefficient (Wildman–Crippen LogP) is 4.21. The largest absolute Gasteiger partial charge is 0.392 e. The van der Waals surface area contributed by atoms with Crippen molar-refractivity contribution >= 4 is 28.4 Å². The van der Waals surface area contributed by atoms with Crippen molar-refractivity contribution in [1.82, 2.24) is 4.57 Å². The maximum atomic E-state index is 12.4. The minimum Gasteiger partial charge on any atom is -0.392 e. The van der Waals surface area contributed by atoms with E-state index in [1.807, 2.05) is 29.0 Å². The molecule has 0 spiro atoms. The van der Waals surface area contributed by atoms with Gasteiger partial charge < -0.3 is 15.4 Å². The van der Waals surface area contributed by atoms with Crippen molar-refractivity contribution in [1.29, 1.82) is 0 Å². The van der Waals surface area contributed by atoms with Gasteiger partial charge in [-0.3, -0.25) is 4.79 Å². The summed E-state index contributed by atoms with van der Waals surface area (Å²) in [6.07, 6.45) is 8.31. The quantitative estimate of drug-likeness (QED) is 0.782. The van der Waals surface area contributed by atoms with Crippen LogP contribution in [0.15, 0.2) is 24.4 Å². The fourth-order valence-electron chi connectivity index (χ4n) is 4.30. The van der Waals surface area contributed by atoms with Crippen LogP contribution in [0.25, 0.3) is 10.9 Å². The fourth-order valence-corrected chi connectivity index (χ4v) is 4.57. The summed E-state index contributed by atoms with van der Waals surface area (Å²) in [6, 6.07) is 5.74. The van der Waals surface area contributed by atoms with Crippen molar-refractivity contribution in [2.45, 2.75) is 64.0 Å². The number of halogens is 1. The van der Waals surface area contributed by atoms with E-state index in [0.717, 1.165) is 42.1 Å². The van der Waals surface area contributed by atoms with Crippen molar-refractivity contribution in [3.8, 4) is 0 Å². The van der Waals surface area contributed by atoms with Gasteiger partial charge in [-0.05, 0) is 43.4 Å². The highest BCUT2D eigenvalue weighted by atomic mass is 35.5. The van der Waals surface area contributed by atoms with E-state index in [4.69, 9.17) is 17.3 Å². The van der Waals surface area contributed by atoms with Crippen LogP contribution >= 0.6 is 11.6 Å². The van der Waals surface area contributed by atoms with Crippen LogP contribution in [0.1, 0.15) is 56.9 Å². The Hall–Kier alpha value is -1.52. The Morgan fingerprint density at radius 3 is 2.60 bits per heavy atom. The first-order valence-electron chi connectivity index (χ1n) is 9.23. The summed E-state index contributed by atoms with van der Waals surface area (Å²) < 4.78 is 1.99. The summed E-state index contributed by atoms with van der Waals surface area (Å²) in [4.78, 5) is 12.4. The van der Waals surface area contributed by atoms with Gasteiger partial charge in [-0.1, -0.05) is 43.4 Å². The lowest BCUT2D eigenvalue weighted by molar-refractivity contribution is -0.120. The first kappa shape index (κ1) is 18.3. The Bertz CT molecular complexity index is 745. The Balaban J connectivity index is 2.12. The van der Waals surface area contributed by atoms with Gasteiger partial charge in [0, 0.05) is 23.6 Å². The summed E-state index contributed by atoms with van der Waals surface area (Å²) >= 11 is 6.50. The molecule has 136 valence electrons. The number of primary amides is 1. The molecule has 0 bridgehead atoms.